The molecule has 0 aliphatic rings. The molecule has 0 aromatic rings. The first-order valence-electron chi connectivity index (χ1n) is 5.46. The number of halogens is 3. The zero-order chi connectivity index (χ0) is 12.6. The van der Waals surface area contributed by atoms with Crippen LogP contribution >= 0.6 is 0 Å². The molecule has 0 rings (SSSR count). The quantitative estimate of drug-likeness (QED) is 0.688. The van der Waals surface area contributed by atoms with Gasteiger partial charge in [-0.2, -0.15) is 13.2 Å². The van der Waals surface area contributed by atoms with E-state index < -0.39 is 18.6 Å². The summed E-state index contributed by atoms with van der Waals surface area (Å²) in [6, 6.07) is 0. The van der Waals surface area contributed by atoms with Crippen molar-refractivity contribution in [3.8, 4) is 0 Å². The summed E-state index contributed by atoms with van der Waals surface area (Å²) in [6.45, 7) is 3.27. The van der Waals surface area contributed by atoms with Crippen LogP contribution in [0.4, 0.5) is 13.2 Å². The number of alkyl halides is 3. The lowest BCUT2D eigenvalue weighted by Gasteiger charge is -2.23. The lowest BCUT2D eigenvalue weighted by atomic mass is 10.3. The van der Waals surface area contributed by atoms with Gasteiger partial charge in [-0.05, 0) is 19.4 Å². The smallest absolute Gasteiger partial charge is 0.332 e. The maximum Gasteiger partial charge on any atom is 0.406 e. The first-order valence-corrected chi connectivity index (χ1v) is 5.46. The van der Waals surface area contributed by atoms with Gasteiger partial charge in [0.25, 0.3) is 0 Å². The molecule has 1 amide bonds. The Bertz CT molecular complexity index is 207. The molecule has 6 heteroatoms. The van der Waals surface area contributed by atoms with Gasteiger partial charge in [-0.3, -0.25) is 4.79 Å². The van der Waals surface area contributed by atoms with E-state index in [2.05, 4.69) is 5.32 Å². The number of carbonyl (C=O) groups is 1. The van der Waals surface area contributed by atoms with Crippen LogP contribution in [0.1, 0.15) is 26.7 Å². The van der Waals surface area contributed by atoms with Gasteiger partial charge in [-0.15, -0.1) is 0 Å². The minimum atomic E-state index is -4.32. The number of carbonyl (C=O) groups excluding carboxylic acids is 1. The number of nitrogens with one attached hydrogen (secondary N) is 1. The molecule has 0 spiro atoms. The Labute approximate surface area is 94.0 Å². The van der Waals surface area contributed by atoms with Crippen molar-refractivity contribution in [2.75, 3.05) is 26.2 Å². The fourth-order valence-corrected chi connectivity index (χ4v) is 1.26. The lowest BCUT2D eigenvalue weighted by Crippen LogP contribution is -2.43. The highest BCUT2D eigenvalue weighted by Gasteiger charge is 2.32. The summed E-state index contributed by atoms with van der Waals surface area (Å²) >= 11 is 0. The van der Waals surface area contributed by atoms with Crippen molar-refractivity contribution >= 4 is 5.91 Å². The van der Waals surface area contributed by atoms with Gasteiger partial charge in [-0.25, -0.2) is 0 Å². The Kier molecular flexibility index (Phi) is 7.12. The van der Waals surface area contributed by atoms with Gasteiger partial charge in [0.1, 0.15) is 6.54 Å². The zero-order valence-corrected chi connectivity index (χ0v) is 9.73. The van der Waals surface area contributed by atoms with Crippen LogP contribution in [-0.4, -0.2) is 43.2 Å². The fourth-order valence-electron chi connectivity index (χ4n) is 1.26. The topological polar surface area (TPSA) is 32.3 Å². The Morgan fingerprint density at radius 3 is 2.31 bits per heavy atom. The Morgan fingerprint density at radius 2 is 1.88 bits per heavy atom. The van der Waals surface area contributed by atoms with Crippen molar-refractivity contribution in [3.05, 3.63) is 0 Å². The van der Waals surface area contributed by atoms with Gasteiger partial charge in [0.15, 0.2) is 0 Å². The van der Waals surface area contributed by atoms with Crippen LogP contribution in [0.15, 0.2) is 0 Å². The van der Waals surface area contributed by atoms with Crippen molar-refractivity contribution in [2.24, 2.45) is 0 Å². The van der Waals surface area contributed by atoms with Gasteiger partial charge in [-0.1, -0.05) is 13.8 Å². The van der Waals surface area contributed by atoms with Crippen LogP contribution < -0.4 is 5.32 Å². The average Bonchev–Trinajstić information content (AvgIpc) is 2.15. The summed E-state index contributed by atoms with van der Waals surface area (Å²) in [4.78, 5) is 12.3. The SMILES string of the molecule is CCCNCC(=O)N(CCC)CC(F)(F)F. The van der Waals surface area contributed by atoms with E-state index >= 15 is 0 Å². The van der Waals surface area contributed by atoms with Gasteiger partial charge in [0, 0.05) is 6.54 Å². The molecule has 96 valence electrons. The average molecular weight is 240 g/mol. The van der Waals surface area contributed by atoms with Crippen molar-refractivity contribution in [1.82, 2.24) is 10.2 Å². The number of hydrogen-bond donors (Lipinski definition) is 1. The lowest BCUT2D eigenvalue weighted by molar-refractivity contribution is -0.160. The van der Waals surface area contributed by atoms with Crippen molar-refractivity contribution in [3.63, 3.8) is 0 Å². The van der Waals surface area contributed by atoms with E-state index in [1.165, 1.54) is 0 Å². The molecule has 0 aromatic carbocycles. The first kappa shape index (κ1) is 15.2. The molecule has 0 aliphatic carbocycles. The second-order valence-electron chi connectivity index (χ2n) is 3.61. The molecule has 16 heavy (non-hydrogen) atoms. The monoisotopic (exact) mass is 240 g/mol. The van der Waals surface area contributed by atoms with Crippen LogP contribution in [0, 0.1) is 0 Å². The third kappa shape index (κ3) is 7.50. The highest BCUT2D eigenvalue weighted by atomic mass is 19.4. The predicted molar refractivity (Wildman–Crippen MR) is 56.1 cm³/mol. The number of rotatable bonds is 7. The van der Waals surface area contributed by atoms with Crippen LogP contribution in [0.25, 0.3) is 0 Å². The minimum Gasteiger partial charge on any atom is -0.332 e. The Morgan fingerprint density at radius 1 is 1.25 bits per heavy atom. The normalized spacial score (nSPS) is 11.6. The third-order valence-corrected chi connectivity index (χ3v) is 1.92. The van der Waals surface area contributed by atoms with Crippen LogP contribution in [0.2, 0.25) is 0 Å². The summed E-state index contributed by atoms with van der Waals surface area (Å²) in [7, 11) is 0. The van der Waals surface area contributed by atoms with E-state index in [1.807, 2.05) is 6.92 Å². The van der Waals surface area contributed by atoms with E-state index in [0.717, 1.165) is 11.3 Å². The minimum absolute atomic E-state index is 0.0239. The molecule has 1 N–H and O–H groups in total. The van der Waals surface area contributed by atoms with Gasteiger partial charge in [0.05, 0.1) is 6.54 Å². The summed E-state index contributed by atoms with van der Waals surface area (Å²) < 4.78 is 36.5. The van der Waals surface area contributed by atoms with Gasteiger partial charge in [0.2, 0.25) is 5.91 Å². The molecule has 0 fully saturated rings. The maximum absolute atomic E-state index is 12.2. The van der Waals surface area contributed by atoms with E-state index in [9.17, 15) is 18.0 Å². The third-order valence-electron chi connectivity index (χ3n) is 1.92. The van der Waals surface area contributed by atoms with Crippen molar-refractivity contribution in [2.45, 2.75) is 32.9 Å². The molecule has 0 aliphatic heterocycles. The molecule has 0 radical (unpaired) electrons. The molecule has 3 nitrogen and oxygen atoms in total. The Hall–Kier alpha value is -0.780. The maximum atomic E-state index is 12.2. The fraction of sp³-hybridized carbons (Fsp3) is 0.900. The largest absolute Gasteiger partial charge is 0.406 e. The second kappa shape index (κ2) is 7.49. The summed E-state index contributed by atoms with van der Waals surface area (Å²) in [5.41, 5.74) is 0. The van der Waals surface area contributed by atoms with Crippen molar-refractivity contribution in [1.29, 1.82) is 0 Å². The standard InChI is InChI=1S/C10H19F3N2O/c1-3-5-14-7-9(16)15(6-4-2)8-10(11,12)13/h14H,3-8H2,1-2H3. The second-order valence-corrected chi connectivity index (χ2v) is 3.61. The summed E-state index contributed by atoms with van der Waals surface area (Å²) in [5, 5.41) is 2.80. The molecule has 0 atom stereocenters. The van der Waals surface area contributed by atoms with E-state index in [0.29, 0.717) is 13.0 Å². The molecular weight excluding hydrogens is 221 g/mol. The molecule has 0 heterocycles. The molecule has 0 unspecified atom stereocenters. The highest BCUT2D eigenvalue weighted by Crippen LogP contribution is 2.16. The van der Waals surface area contributed by atoms with Crippen molar-refractivity contribution < 1.29 is 18.0 Å². The predicted octanol–water partition coefficient (Wildman–Crippen LogP) is 1.79. The Balaban J connectivity index is 4.13. The number of nitrogens with zero attached hydrogens (tertiary/aromatic N) is 1. The molecule has 0 bridgehead atoms. The van der Waals surface area contributed by atoms with Gasteiger partial charge < -0.3 is 10.2 Å². The molecular formula is C10H19F3N2O. The van der Waals surface area contributed by atoms with E-state index in [1.54, 1.807) is 6.92 Å². The molecule has 0 saturated heterocycles. The summed E-state index contributed by atoms with van der Waals surface area (Å²) in [6.07, 6.45) is -2.95. The number of hydrogen-bond acceptors (Lipinski definition) is 2. The molecule has 0 aromatic heterocycles. The van der Waals surface area contributed by atoms with Crippen LogP contribution in [-0.2, 0) is 4.79 Å². The first-order chi connectivity index (χ1) is 7.40. The van der Waals surface area contributed by atoms with Gasteiger partial charge >= 0.3 is 6.18 Å². The summed E-state index contributed by atoms with van der Waals surface area (Å²) in [5.74, 6) is -0.493. The number of amides is 1. The van der Waals surface area contributed by atoms with E-state index in [4.69, 9.17) is 0 Å². The highest BCUT2D eigenvalue weighted by molar-refractivity contribution is 5.78. The zero-order valence-electron chi connectivity index (χ0n) is 9.73. The van der Waals surface area contributed by atoms with E-state index in [-0.39, 0.29) is 13.1 Å². The van der Waals surface area contributed by atoms with Crippen LogP contribution in [0.3, 0.4) is 0 Å². The molecule has 0 saturated carbocycles. The van der Waals surface area contributed by atoms with Crippen LogP contribution in [0.5, 0.6) is 0 Å².